The molecule has 2 aliphatic rings. The van der Waals surface area contributed by atoms with E-state index in [4.69, 9.17) is 11.6 Å². The molecule has 1 aromatic heterocycles. The Morgan fingerprint density at radius 3 is 2.62 bits per heavy atom. The topological polar surface area (TPSA) is 67.2 Å². The molecule has 1 fully saturated rings. The van der Waals surface area contributed by atoms with Crippen LogP contribution >= 0.6 is 11.6 Å². The van der Waals surface area contributed by atoms with E-state index < -0.39 is 29.4 Å². The first-order chi connectivity index (χ1) is 13.8. The second kappa shape index (κ2) is 7.37. The fraction of sp³-hybridized carbons (Fsp3) is 0.421. The summed E-state index contributed by atoms with van der Waals surface area (Å²) in [5, 5.41) is 6.64. The van der Waals surface area contributed by atoms with Crippen molar-refractivity contribution < 1.29 is 22.8 Å². The molecule has 10 heteroatoms. The normalized spacial score (nSPS) is 16.5. The van der Waals surface area contributed by atoms with Crippen LogP contribution in [-0.2, 0) is 17.5 Å². The van der Waals surface area contributed by atoms with E-state index in [-0.39, 0.29) is 11.3 Å². The predicted octanol–water partition coefficient (Wildman–Crippen LogP) is 4.01. The van der Waals surface area contributed by atoms with Gasteiger partial charge in [0.05, 0.1) is 11.8 Å². The Morgan fingerprint density at radius 1 is 1.21 bits per heavy atom. The van der Waals surface area contributed by atoms with Crippen molar-refractivity contribution in [2.75, 3.05) is 22.6 Å². The second-order valence-electron chi connectivity index (χ2n) is 7.21. The number of rotatable bonds is 4. The molecular formula is C19H18ClF3N4O2. The van der Waals surface area contributed by atoms with Gasteiger partial charge in [-0.15, -0.1) is 11.6 Å². The van der Waals surface area contributed by atoms with Crippen molar-refractivity contribution in [3.8, 4) is 0 Å². The Balaban J connectivity index is 1.73. The van der Waals surface area contributed by atoms with E-state index in [0.717, 1.165) is 30.5 Å². The van der Waals surface area contributed by atoms with Crippen LogP contribution < -0.4 is 10.2 Å². The number of nitrogens with one attached hydrogen (secondary N) is 1. The maximum atomic E-state index is 13.4. The van der Waals surface area contributed by atoms with E-state index in [1.54, 1.807) is 10.9 Å². The van der Waals surface area contributed by atoms with E-state index >= 15 is 0 Å². The molecular weight excluding hydrogens is 409 g/mol. The monoisotopic (exact) mass is 426 g/mol. The molecule has 1 aliphatic heterocycles. The van der Waals surface area contributed by atoms with Gasteiger partial charge in [-0.1, -0.05) is 0 Å². The zero-order valence-corrected chi connectivity index (χ0v) is 16.1. The van der Waals surface area contributed by atoms with E-state index in [9.17, 15) is 22.8 Å². The highest BCUT2D eigenvalue weighted by Gasteiger charge is 2.36. The first-order valence-corrected chi connectivity index (χ1v) is 9.77. The van der Waals surface area contributed by atoms with Gasteiger partial charge in [0, 0.05) is 29.9 Å². The number of benzene rings is 1. The minimum Gasteiger partial charge on any atom is -0.325 e. The van der Waals surface area contributed by atoms with Gasteiger partial charge in [-0.05, 0) is 43.4 Å². The molecule has 2 heterocycles. The van der Waals surface area contributed by atoms with Gasteiger partial charge in [0.15, 0.2) is 0 Å². The van der Waals surface area contributed by atoms with Crippen LogP contribution in [0.5, 0.6) is 0 Å². The predicted molar refractivity (Wildman–Crippen MR) is 101 cm³/mol. The summed E-state index contributed by atoms with van der Waals surface area (Å²) >= 11 is 5.43. The third-order valence-electron chi connectivity index (χ3n) is 5.02. The quantitative estimate of drug-likeness (QED) is 0.751. The highest BCUT2D eigenvalue weighted by atomic mass is 35.5. The van der Waals surface area contributed by atoms with Gasteiger partial charge in [0.2, 0.25) is 5.91 Å². The molecule has 0 spiro atoms. The van der Waals surface area contributed by atoms with E-state index in [0.29, 0.717) is 31.2 Å². The standard InChI is InChI=1S/C19H18ClF3N4O2/c20-9-16(28)25-14-7-12(6-13(8-14)19(21,22)23)18(29)26-4-1-5-27-17(26)15(10-24-27)11-2-3-11/h6-8,10-11H,1-5,9H2,(H,25,28). The van der Waals surface area contributed by atoms with Gasteiger partial charge in [-0.2, -0.15) is 18.3 Å². The largest absolute Gasteiger partial charge is 0.416 e. The lowest BCUT2D eigenvalue weighted by atomic mass is 10.1. The number of carbonyl (C=O) groups is 2. The third kappa shape index (κ3) is 3.96. The smallest absolute Gasteiger partial charge is 0.325 e. The van der Waals surface area contributed by atoms with Crippen LogP contribution in [-0.4, -0.2) is 34.0 Å². The highest BCUT2D eigenvalue weighted by molar-refractivity contribution is 6.29. The fourth-order valence-corrected chi connectivity index (χ4v) is 3.62. The molecule has 0 radical (unpaired) electrons. The number of hydrogen-bond donors (Lipinski definition) is 1. The van der Waals surface area contributed by atoms with Gasteiger partial charge in [-0.3, -0.25) is 14.5 Å². The minimum atomic E-state index is -4.67. The maximum absolute atomic E-state index is 13.4. The molecule has 154 valence electrons. The van der Waals surface area contributed by atoms with Crippen LogP contribution in [0.3, 0.4) is 0 Å². The fourth-order valence-electron chi connectivity index (χ4n) is 3.55. The number of amides is 2. The summed E-state index contributed by atoms with van der Waals surface area (Å²) in [5.74, 6) is -0.618. The van der Waals surface area contributed by atoms with Crippen LogP contribution in [0.2, 0.25) is 0 Å². The number of halogens is 4. The number of fused-ring (bicyclic) bond motifs is 1. The van der Waals surface area contributed by atoms with Crippen LogP contribution in [0.4, 0.5) is 24.7 Å². The summed E-state index contributed by atoms with van der Waals surface area (Å²) in [4.78, 5) is 26.3. The minimum absolute atomic E-state index is 0.123. The first kappa shape index (κ1) is 19.8. The lowest BCUT2D eigenvalue weighted by Crippen LogP contribution is -2.38. The average Bonchev–Trinajstić information content (AvgIpc) is 3.44. The van der Waals surface area contributed by atoms with E-state index in [2.05, 4.69) is 10.4 Å². The number of alkyl halides is 4. The lowest BCUT2D eigenvalue weighted by Gasteiger charge is -2.29. The van der Waals surface area contributed by atoms with Crippen molar-refractivity contribution in [1.82, 2.24) is 9.78 Å². The molecule has 29 heavy (non-hydrogen) atoms. The first-order valence-electron chi connectivity index (χ1n) is 9.23. The van der Waals surface area contributed by atoms with Gasteiger partial charge >= 0.3 is 6.18 Å². The molecule has 1 aliphatic carbocycles. The van der Waals surface area contributed by atoms with Crippen molar-refractivity contribution in [3.63, 3.8) is 0 Å². The number of carbonyl (C=O) groups excluding carboxylic acids is 2. The van der Waals surface area contributed by atoms with Gasteiger partial charge in [0.1, 0.15) is 11.7 Å². The summed E-state index contributed by atoms with van der Waals surface area (Å²) in [7, 11) is 0. The summed E-state index contributed by atoms with van der Waals surface area (Å²) in [5.41, 5.74) is -0.329. The van der Waals surface area contributed by atoms with Crippen molar-refractivity contribution >= 4 is 34.9 Å². The van der Waals surface area contributed by atoms with Crippen molar-refractivity contribution in [3.05, 3.63) is 41.1 Å². The molecule has 0 bridgehead atoms. The number of aryl methyl sites for hydroxylation is 1. The highest BCUT2D eigenvalue weighted by Crippen LogP contribution is 2.45. The molecule has 0 atom stereocenters. The number of nitrogens with zero attached hydrogens (tertiary/aromatic N) is 3. The Bertz CT molecular complexity index is 969. The average molecular weight is 427 g/mol. The maximum Gasteiger partial charge on any atom is 0.416 e. The Morgan fingerprint density at radius 2 is 1.97 bits per heavy atom. The SMILES string of the molecule is O=C(CCl)Nc1cc(C(=O)N2CCCn3ncc(C4CC4)c32)cc(C(F)(F)F)c1. The van der Waals surface area contributed by atoms with Crippen molar-refractivity contribution in [1.29, 1.82) is 0 Å². The van der Waals surface area contributed by atoms with Crippen LogP contribution in [0.1, 0.15) is 46.7 Å². The lowest BCUT2D eigenvalue weighted by molar-refractivity contribution is -0.137. The second-order valence-corrected chi connectivity index (χ2v) is 7.48. The Labute approximate surface area is 169 Å². The molecule has 4 rings (SSSR count). The molecule has 1 saturated carbocycles. The summed E-state index contributed by atoms with van der Waals surface area (Å²) in [6, 6.07) is 2.84. The Kier molecular flexibility index (Phi) is 5.02. The molecule has 2 aromatic rings. The molecule has 6 nitrogen and oxygen atoms in total. The number of aromatic nitrogens is 2. The van der Waals surface area contributed by atoms with E-state index in [1.165, 1.54) is 11.0 Å². The molecule has 0 unspecified atom stereocenters. The zero-order chi connectivity index (χ0) is 20.8. The van der Waals surface area contributed by atoms with Gasteiger partial charge in [0.25, 0.3) is 5.91 Å². The van der Waals surface area contributed by atoms with Crippen LogP contribution in [0, 0.1) is 0 Å². The van der Waals surface area contributed by atoms with Gasteiger partial charge in [-0.25, -0.2) is 4.68 Å². The summed E-state index contributed by atoms with van der Waals surface area (Å²) in [6.45, 7) is 1.05. The zero-order valence-electron chi connectivity index (χ0n) is 15.3. The van der Waals surface area contributed by atoms with Crippen LogP contribution in [0.15, 0.2) is 24.4 Å². The number of hydrogen-bond acceptors (Lipinski definition) is 3. The van der Waals surface area contributed by atoms with Crippen molar-refractivity contribution in [2.45, 2.75) is 37.9 Å². The summed E-state index contributed by atoms with van der Waals surface area (Å²) < 4.78 is 41.8. The Hall–Kier alpha value is -2.55. The molecule has 1 aromatic carbocycles. The number of anilines is 2. The molecule has 2 amide bonds. The summed E-state index contributed by atoms with van der Waals surface area (Å²) in [6.07, 6.45) is -0.243. The third-order valence-corrected chi connectivity index (χ3v) is 5.26. The van der Waals surface area contributed by atoms with Gasteiger partial charge < -0.3 is 5.32 Å². The van der Waals surface area contributed by atoms with Crippen LogP contribution in [0.25, 0.3) is 0 Å². The molecule has 0 saturated heterocycles. The molecule has 1 N–H and O–H groups in total. The van der Waals surface area contributed by atoms with Crippen molar-refractivity contribution in [2.24, 2.45) is 0 Å². The van der Waals surface area contributed by atoms with E-state index in [1.807, 2.05) is 0 Å².